The molecule has 16 heteroatoms. The van der Waals surface area contributed by atoms with E-state index >= 15 is 0 Å². The number of hydrogen-bond donors (Lipinski definition) is 0. The average Bonchev–Trinajstić information content (AvgIpc) is 3.09. The molecule has 52 heavy (non-hydrogen) atoms. The predicted octanol–water partition coefficient (Wildman–Crippen LogP) is -0.116. The van der Waals surface area contributed by atoms with E-state index in [2.05, 4.69) is 15.0 Å². The van der Waals surface area contributed by atoms with Crippen LogP contribution in [0.5, 0.6) is 0 Å². The van der Waals surface area contributed by atoms with Crippen LogP contribution in [0.15, 0.2) is 69.4 Å². The van der Waals surface area contributed by atoms with E-state index in [1.165, 1.54) is 18.6 Å². The number of hydrogen-bond acceptors (Lipinski definition) is 12. The van der Waals surface area contributed by atoms with Crippen molar-refractivity contribution in [2.24, 2.45) is 0 Å². The third-order valence-corrected chi connectivity index (χ3v) is 7.86. The van der Waals surface area contributed by atoms with Gasteiger partial charge in [-0.1, -0.05) is 0 Å². The van der Waals surface area contributed by atoms with Gasteiger partial charge in [-0.15, -0.1) is 0 Å². The smallest absolute Gasteiger partial charge is 0.545 e. The van der Waals surface area contributed by atoms with Crippen LogP contribution in [0.3, 0.4) is 0 Å². The monoisotopic (exact) mass is 762 g/mol. The molecule has 0 saturated carbocycles. The van der Waals surface area contributed by atoms with Crippen LogP contribution in [-0.2, 0) is 19.6 Å². The molecular weight excluding hydrogens is 730 g/mol. The van der Waals surface area contributed by atoms with Gasteiger partial charge in [-0.3, -0.25) is 14.4 Å². The van der Waals surface area contributed by atoms with Crippen molar-refractivity contribution in [2.45, 2.75) is 61.2 Å². The summed E-state index contributed by atoms with van der Waals surface area (Å²) in [6.07, 6.45) is 3.85. The molecule has 0 unspecified atom stereocenters. The number of aromatic carboxylic acids is 3. The van der Waals surface area contributed by atoms with Crippen molar-refractivity contribution >= 4 is 70.8 Å². The van der Waals surface area contributed by atoms with E-state index < -0.39 is 34.2 Å². The summed E-state index contributed by atoms with van der Waals surface area (Å²) < 4.78 is 4.90. The van der Waals surface area contributed by atoms with Gasteiger partial charge in [0.05, 0.1) is 50.8 Å². The summed E-state index contributed by atoms with van der Waals surface area (Å²) >= 11 is 0. The molecule has 0 aliphatic heterocycles. The van der Waals surface area contributed by atoms with Crippen molar-refractivity contribution in [3.05, 3.63) is 119 Å². The zero-order chi connectivity index (χ0) is 37.7. The Morgan fingerprint density at radius 1 is 0.500 bits per heavy atom. The first-order chi connectivity index (χ1) is 24.1. The molecule has 0 amide bonds. The molecule has 0 atom stereocenters. The van der Waals surface area contributed by atoms with E-state index in [1.807, 2.05) is 41.5 Å². The Kier molecular flexibility index (Phi) is 13.2. The first-order valence-electron chi connectivity index (χ1n) is 15.8. The summed E-state index contributed by atoms with van der Waals surface area (Å²) in [5.74, 6) is -4.38. The topological polar surface area (TPSA) is 225 Å². The molecule has 0 aliphatic rings. The molecule has 0 bridgehead atoms. The Morgan fingerprint density at radius 3 is 0.923 bits per heavy atom. The molecule has 0 aromatic carbocycles. The number of nitrogens with zero attached hydrogens (tertiary/aromatic N) is 6. The fourth-order valence-corrected chi connectivity index (χ4v) is 5.24. The quantitative estimate of drug-likeness (QED) is 0.203. The number of carbonyl (C=O) groups is 3. The second-order valence-corrected chi connectivity index (χ2v) is 11.3. The van der Waals surface area contributed by atoms with Gasteiger partial charge >= 0.3 is 19.8 Å². The molecule has 0 fully saturated rings. The van der Waals surface area contributed by atoms with Crippen LogP contribution in [0.25, 0.3) is 33.1 Å². The van der Waals surface area contributed by atoms with Crippen molar-refractivity contribution in [3.63, 3.8) is 0 Å². The van der Waals surface area contributed by atoms with Crippen molar-refractivity contribution in [1.82, 2.24) is 28.7 Å². The zero-order valence-corrected chi connectivity index (χ0v) is 31.7. The number of pyridine rings is 6. The zero-order valence-electron chi connectivity index (χ0n) is 29.3. The molecule has 264 valence electrons. The van der Waals surface area contributed by atoms with E-state index in [9.17, 15) is 44.1 Å². The third kappa shape index (κ3) is 8.35. The molecular formula is C36H33GaN6O9. The van der Waals surface area contributed by atoms with Crippen LogP contribution in [0, 0.1) is 20.8 Å². The molecule has 0 spiro atoms. The maximum Gasteiger partial charge on any atom is 3.00 e. The van der Waals surface area contributed by atoms with Gasteiger partial charge in [-0.2, -0.15) is 0 Å². The molecule has 6 aromatic heterocycles. The number of carboxylic acid groups (broad SMARTS) is 3. The van der Waals surface area contributed by atoms with Crippen molar-refractivity contribution in [3.8, 4) is 0 Å². The van der Waals surface area contributed by atoms with E-state index in [-0.39, 0.29) is 36.5 Å². The van der Waals surface area contributed by atoms with Crippen LogP contribution < -0.4 is 31.6 Å². The number of carboxylic acids is 3. The Labute approximate surface area is 308 Å². The van der Waals surface area contributed by atoms with E-state index in [0.29, 0.717) is 52.7 Å². The number of aromatic nitrogens is 6. The standard InChI is InChI=1S/3C12H12N2O3.Ga/c3*1-3-14-6-9(12(16)17)10(15)8-5-4-7(2)13-11(8)14;/h3*4-6H,3H2,1-2H3,(H,16,17);/q;;;+3/p-3. The normalized spacial score (nSPS) is 10.5. The summed E-state index contributed by atoms with van der Waals surface area (Å²) in [4.78, 5) is 81.0. The van der Waals surface area contributed by atoms with Gasteiger partial charge in [0.15, 0.2) is 16.3 Å². The van der Waals surface area contributed by atoms with Gasteiger partial charge < -0.3 is 43.4 Å². The second-order valence-electron chi connectivity index (χ2n) is 11.3. The van der Waals surface area contributed by atoms with Crippen LogP contribution in [0.1, 0.15) is 68.9 Å². The molecule has 0 aliphatic carbocycles. The van der Waals surface area contributed by atoms with E-state index in [1.54, 1.807) is 50.1 Å². The Morgan fingerprint density at radius 2 is 0.731 bits per heavy atom. The van der Waals surface area contributed by atoms with Gasteiger partial charge in [-0.25, -0.2) is 15.0 Å². The molecule has 0 radical (unpaired) electrons. The molecule has 0 saturated heterocycles. The minimum absolute atomic E-state index is 0. The van der Waals surface area contributed by atoms with Crippen molar-refractivity contribution in [1.29, 1.82) is 0 Å². The van der Waals surface area contributed by atoms with Crippen LogP contribution in [0.2, 0.25) is 0 Å². The third-order valence-electron chi connectivity index (χ3n) is 7.86. The SMILES string of the molecule is CCn1cc(C(=O)[O-])c(=O)c2ccc(C)nc21.CCn1cc(C(=O)[O-])c(=O)c2ccc(C)nc21.CCn1cc(C(=O)[O-])c(=O)c2ccc(C)nc21.[Ga+3]. The van der Waals surface area contributed by atoms with Gasteiger partial charge in [0.25, 0.3) is 0 Å². The summed E-state index contributed by atoms with van der Waals surface area (Å²) in [7, 11) is 0. The van der Waals surface area contributed by atoms with Gasteiger partial charge in [0, 0.05) is 55.3 Å². The summed E-state index contributed by atoms with van der Waals surface area (Å²) in [5.41, 5.74) is 1.22. The summed E-state index contributed by atoms with van der Waals surface area (Å²) in [5, 5.41) is 33.5. The van der Waals surface area contributed by atoms with Gasteiger partial charge in [0.2, 0.25) is 0 Å². The fraction of sp³-hybridized carbons (Fsp3) is 0.250. The molecule has 6 aromatic rings. The minimum Gasteiger partial charge on any atom is -0.545 e. The Balaban J connectivity index is 0.000000208. The Bertz CT molecular complexity index is 2260. The van der Waals surface area contributed by atoms with Crippen molar-refractivity contribution in [2.75, 3.05) is 0 Å². The number of rotatable bonds is 6. The molecule has 0 N–H and O–H groups in total. The number of fused-ring (bicyclic) bond motifs is 3. The van der Waals surface area contributed by atoms with Crippen molar-refractivity contribution < 1.29 is 29.7 Å². The molecule has 15 nitrogen and oxygen atoms in total. The van der Waals surface area contributed by atoms with Crippen LogP contribution in [-0.4, -0.2) is 66.4 Å². The largest absolute Gasteiger partial charge is 3.00 e. The molecule has 6 rings (SSSR count). The maximum absolute atomic E-state index is 11.9. The Hall–Kier alpha value is -5.87. The van der Waals surface area contributed by atoms with Crippen LogP contribution in [0.4, 0.5) is 0 Å². The average molecular weight is 763 g/mol. The molecule has 6 heterocycles. The fourth-order valence-electron chi connectivity index (χ4n) is 5.24. The van der Waals surface area contributed by atoms with E-state index in [0.717, 1.165) is 17.1 Å². The second kappa shape index (κ2) is 16.9. The number of aryl methyl sites for hydroxylation is 6. The first-order valence-corrected chi connectivity index (χ1v) is 15.8. The predicted molar refractivity (Wildman–Crippen MR) is 188 cm³/mol. The van der Waals surface area contributed by atoms with E-state index in [4.69, 9.17) is 0 Å². The summed E-state index contributed by atoms with van der Waals surface area (Å²) in [6, 6.07) is 9.84. The first kappa shape index (κ1) is 40.6. The summed E-state index contributed by atoms with van der Waals surface area (Å²) in [6.45, 7) is 12.6. The maximum atomic E-state index is 11.9. The van der Waals surface area contributed by atoms with Gasteiger partial charge in [-0.05, 0) is 77.9 Å². The minimum atomic E-state index is -1.46. The van der Waals surface area contributed by atoms with Crippen LogP contribution >= 0.6 is 0 Å². The van der Waals surface area contributed by atoms with Gasteiger partial charge in [0.1, 0.15) is 16.9 Å². The number of carbonyl (C=O) groups excluding carboxylic acids is 3.